The molecule has 2 unspecified atom stereocenters. The van der Waals surface area contributed by atoms with Gasteiger partial charge in [0, 0.05) is 25.0 Å². The van der Waals surface area contributed by atoms with E-state index in [2.05, 4.69) is 41.2 Å². The van der Waals surface area contributed by atoms with Crippen molar-refractivity contribution in [2.45, 2.75) is 39.3 Å². The Hall–Kier alpha value is -0.930. The van der Waals surface area contributed by atoms with Gasteiger partial charge in [-0.3, -0.25) is 9.88 Å². The van der Waals surface area contributed by atoms with Gasteiger partial charge < -0.3 is 5.32 Å². The van der Waals surface area contributed by atoms with Crippen molar-refractivity contribution in [1.82, 2.24) is 15.2 Å². The average Bonchev–Trinajstić information content (AvgIpc) is 2.38. The minimum atomic E-state index is 0.766. The summed E-state index contributed by atoms with van der Waals surface area (Å²) in [6.45, 7) is 8.90. The predicted molar refractivity (Wildman–Crippen MR) is 75.4 cm³/mol. The van der Waals surface area contributed by atoms with Crippen LogP contribution in [0.1, 0.15) is 32.3 Å². The second kappa shape index (κ2) is 6.86. The molecule has 0 aliphatic heterocycles. The van der Waals surface area contributed by atoms with Gasteiger partial charge in [-0.15, -0.1) is 0 Å². The topological polar surface area (TPSA) is 28.2 Å². The second-order valence-corrected chi connectivity index (χ2v) is 5.13. The van der Waals surface area contributed by atoms with Gasteiger partial charge in [0.25, 0.3) is 0 Å². The molecule has 0 amide bonds. The molecule has 2 rings (SSSR count). The Morgan fingerprint density at radius 2 is 2.06 bits per heavy atom. The fraction of sp³-hybridized carbons (Fsp3) is 0.667. The first kappa shape index (κ1) is 13.5. The van der Waals surface area contributed by atoms with Gasteiger partial charge in [-0.05, 0) is 56.1 Å². The quantitative estimate of drug-likeness (QED) is 0.801. The molecule has 1 aromatic rings. The minimum Gasteiger partial charge on any atom is -0.317 e. The maximum absolute atomic E-state index is 4.08. The summed E-state index contributed by atoms with van der Waals surface area (Å²) >= 11 is 0. The van der Waals surface area contributed by atoms with Crippen molar-refractivity contribution in [3.63, 3.8) is 0 Å². The third-order valence-corrected chi connectivity index (χ3v) is 4.04. The van der Waals surface area contributed by atoms with Crippen molar-refractivity contribution in [3.05, 3.63) is 30.1 Å². The predicted octanol–water partition coefficient (Wildman–Crippen LogP) is 2.29. The standard InChI is InChI=1S/C15H25N3/c1-3-16-11-14-5-6-15(14)18(4-2)12-13-7-9-17-10-8-13/h7-10,14-16H,3-6,11-12H2,1-2H3. The summed E-state index contributed by atoms with van der Waals surface area (Å²) < 4.78 is 0. The van der Waals surface area contributed by atoms with E-state index in [1.807, 2.05) is 12.4 Å². The monoisotopic (exact) mass is 247 g/mol. The molecule has 1 aliphatic carbocycles. The maximum Gasteiger partial charge on any atom is 0.0271 e. The molecule has 1 heterocycles. The van der Waals surface area contributed by atoms with Crippen molar-refractivity contribution >= 4 is 0 Å². The summed E-state index contributed by atoms with van der Waals surface area (Å²) in [4.78, 5) is 6.70. The molecule has 100 valence electrons. The van der Waals surface area contributed by atoms with Crippen molar-refractivity contribution in [2.75, 3.05) is 19.6 Å². The van der Waals surface area contributed by atoms with E-state index in [-0.39, 0.29) is 0 Å². The van der Waals surface area contributed by atoms with E-state index < -0.39 is 0 Å². The Kier molecular flexibility index (Phi) is 5.14. The normalized spacial score (nSPS) is 23.1. The van der Waals surface area contributed by atoms with E-state index in [9.17, 15) is 0 Å². The Morgan fingerprint density at radius 1 is 1.28 bits per heavy atom. The van der Waals surface area contributed by atoms with Crippen LogP contribution in [-0.4, -0.2) is 35.6 Å². The molecule has 3 heteroatoms. The van der Waals surface area contributed by atoms with Crippen LogP contribution in [0.5, 0.6) is 0 Å². The Labute approximate surface area is 111 Å². The molecule has 2 atom stereocenters. The zero-order chi connectivity index (χ0) is 12.8. The van der Waals surface area contributed by atoms with Crippen LogP contribution in [-0.2, 0) is 6.54 Å². The smallest absolute Gasteiger partial charge is 0.0271 e. The number of pyridine rings is 1. The lowest BCUT2D eigenvalue weighted by atomic mass is 9.78. The van der Waals surface area contributed by atoms with Crippen LogP contribution in [0, 0.1) is 5.92 Å². The van der Waals surface area contributed by atoms with E-state index in [1.165, 1.54) is 24.9 Å². The van der Waals surface area contributed by atoms with E-state index in [0.717, 1.165) is 31.6 Å². The molecule has 0 spiro atoms. The van der Waals surface area contributed by atoms with Gasteiger partial charge in [0.1, 0.15) is 0 Å². The lowest BCUT2D eigenvalue weighted by molar-refractivity contribution is 0.0601. The summed E-state index contributed by atoms with van der Waals surface area (Å²) in [7, 11) is 0. The van der Waals surface area contributed by atoms with Crippen LogP contribution in [0.3, 0.4) is 0 Å². The van der Waals surface area contributed by atoms with E-state index in [1.54, 1.807) is 0 Å². The number of nitrogens with zero attached hydrogens (tertiary/aromatic N) is 2. The minimum absolute atomic E-state index is 0.766. The first-order valence-corrected chi connectivity index (χ1v) is 7.18. The van der Waals surface area contributed by atoms with Crippen molar-refractivity contribution in [1.29, 1.82) is 0 Å². The number of hydrogen-bond acceptors (Lipinski definition) is 3. The Bertz CT molecular complexity index is 339. The van der Waals surface area contributed by atoms with Crippen LogP contribution in [0.15, 0.2) is 24.5 Å². The summed E-state index contributed by atoms with van der Waals surface area (Å²) in [6.07, 6.45) is 6.51. The van der Waals surface area contributed by atoms with Gasteiger partial charge in [0.15, 0.2) is 0 Å². The van der Waals surface area contributed by atoms with Crippen LogP contribution >= 0.6 is 0 Å². The van der Waals surface area contributed by atoms with Gasteiger partial charge in [0.05, 0.1) is 0 Å². The molecule has 1 N–H and O–H groups in total. The van der Waals surface area contributed by atoms with E-state index in [0.29, 0.717) is 0 Å². The zero-order valence-corrected chi connectivity index (χ0v) is 11.6. The molecule has 0 saturated heterocycles. The third kappa shape index (κ3) is 3.30. The van der Waals surface area contributed by atoms with Crippen LogP contribution in [0.4, 0.5) is 0 Å². The lowest BCUT2D eigenvalue weighted by Crippen LogP contribution is -2.50. The number of nitrogens with one attached hydrogen (secondary N) is 1. The highest BCUT2D eigenvalue weighted by Crippen LogP contribution is 2.32. The largest absolute Gasteiger partial charge is 0.317 e. The van der Waals surface area contributed by atoms with E-state index in [4.69, 9.17) is 0 Å². The van der Waals surface area contributed by atoms with Crippen LogP contribution in [0.25, 0.3) is 0 Å². The van der Waals surface area contributed by atoms with Crippen molar-refractivity contribution in [3.8, 4) is 0 Å². The summed E-state index contributed by atoms with van der Waals surface area (Å²) in [6, 6.07) is 5.02. The number of aromatic nitrogens is 1. The molecular formula is C15H25N3. The van der Waals surface area contributed by atoms with Gasteiger partial charge in [0.2, 0.25) is 0 Å². The van der Waals surface area contributed by atoms with Gasteiger partial charge in [-0.2, -0.15) is 0 Å². The third-order valence-electron chi connectivity index (χ3n) is 4.04. The van der Waals surface area contributed by atoms with Gasteiger partial charge >= 0.3 is 0 Å². The molecule has 1 fully saturated rings. The molecule has 1 aromatic heterocycles. The second-order valence-electron chi connectivity index (χ2n) is 5.13. The number of hydrogen-bond donors (Lipinski definition) is 1. The van der Waals surface area contributed by atoms with E-state index >= 15 is 0 Å². The molecule has 0 radical (unpaired) electrons. The first-order valence-electron chi connectivity index (χ1n) is 7.18. The summed E-state index contributed by atoms with van der Waals surface area (Å²) in [5.41, 5.74) is 1.38. The average molecular weight is 247 g/mol. The molecule has 18 heavy (non-hydrogen) atoms. The molecule has 0 bridgehead atoms. The van der Waals surface area contributed by atoms with Crippen molar-refractivity contribution < 1.29 is 0 Å². The first-order chi connectivity index (χ1) is 8.85. The maximum atomic E-state index is 4.08. The highest BCUT2D eigenvalue weighted by molar-refractivity contribution is 5.10. The molecule has 0 aromatic carbocycles. The summed E-state index contributed by atoms with van der Waals surface area (Å²) in [5.74, 6) is 0.840. The number of rotatable bonds is 7. The van der Waals surface area contributed by atoms with Gasteiger partial charge in [-0.25, -0.2) is 0 Å². The molecular weight excluding hydrogens is 222 g/mol. The van der Waals surface area contributed by atoms with Crippen LogP contribution in [0.2, 0.25) is 0 Å². The fourth-order valence-corrected chi connectivity index (χ4v) is 2.79. The highest BCUT2D eigenvalue weighted by atomic mass is 15.2. The zero-order valence-electron chi connectivity index (χ0n) is 11.6. The molecule has 1 saturated carbocycles. The van der Waals surface area contributed by atoms with Crippen LogP contribution < -0.4 is 5.32 Å². The molecule has 3 nitrogen and oxygen atoms in total. The fourth-order valence-electron chi connectivity index (χ4n) is 2.79. The van der Waals surface area contributed by atoms with Gasteiger partial charge in [-0.1, -0.05) is 13.8 Å². The highest BCUT2D eigenvalue weighted by Gasteiger charge is 2.34. The molecule has 1 aliphatic rings. The SMILES string of the molecule is CCNCC1CCC1N(CC)Cc1ccncc1. The Balaban J connectivity index is 1.89. The Morgan fingerprint density at radius 3 is 2.61 bits per heavy atom. The summed E-state index contributed by atoms with van der Waals surface area (Å²) in [5, 5.41) is 3.49. The lowest BCUT2D eigenvalue weighted by Gasteiger charge is -2.44. The van der Waals surface area contributed by atoms with Crippen molar-refractivity contribution in [2.24, 2.45) is 5.92 Å².